The van der Waals surface area contributed by atoms with Crippen LogP contribution >= 0.6 is 0 Å². The smallest absolute Gasteiger partial charge is 0.225 e. The molecule has 0 spiro atoms. The summed E-state index contributed by atoms with van der Waals surface area (Å²) in [5.74, 6) is 0.270. The number of carbonyl (C=O) groups is 2. The van der Waals surface area contributed by atoms with Crippen LogP contribution < -0.4 is 5.73 Å². The van der Waals surface area contributed by atoms with Gasteiger partial charge in [-0.15, -0.1) is 0 Å². The molecular weight excluding hydrogens is 282 g/mol. The number of amides is 2. The van der Waals surface area contributed by atoms with Crippen molar-refractivity contribution in [3.8, 4) is 0 Å². The Hall–Kier alpha value is -1.14. The second-order valence-corrected chi connectivity index (χ2v) is 6.78. The Labute approximate surface area is 132 Å². The Kier molecular flexibility index (Phi) is 6.20. The Bertz CT molecular complexity index is 392. The van der Waals surface area contributed by atoms with Crippen LogP contribution in [0.25, 0.3) is 0 Å². The molecule has 1 atom stereocenters. The van der Waals surface area contributed by atoms with Gasteiger partial charge in [-0.2, -0.15) is 0 Å². The number of rotatable bonds is 5. The van der Waals surface area contributed by atoms with Crippen LogP contribution in [0.1, 0.15) is 39.5 Å². The van der Waals surface area contributed by atoms with E-state index in [-0.39, 0.29) is 17.9 Å². The van der Waals surface area contributed by atoms with Gasteiger partial charge >= 0.3 is 0 Å². The summed E-state index contributed by atoms with van der Waals surface area (Å²) < 4.78 is 5.74. The van der Waals surface area contributed by atoms with E-state index in [2.05, 4.69) is 18.7 Å². The normalized spacial score (nSPS) is 24.7. The van der Waals surface area contributed by atoms with Crippen LogP contribution in [0, 0.1) is 5.92 Å². The van der Waals surface area contributed by atoms with Crippen LogP contribution in [0.3, 0.4) is 0 Å². The molecule has 22 heavy (non-hydrogen) atoms. The van der Waals surface area contributed by atoms with Gasteiger partial charge in [-0.25, -0.2) is 0 Å². The van der Waals surface area contributed by atoms with E-state index in [9.17, 15) is 9.59 Å². The van der Waals surface area contributed by atoms with Gasteiger partial charge in [-0.1, -0.05) is 0 Å². The molecule has 2 aliphatic rings. The van der Waals surface area contributed by atoms with Gasteiger partial charge in [-0.3, -0.25) is 14.5 Å². The molecule has 2 rings (SSSR count). The Balaban J connectivity index is 1.75. The zero-order chi connectivity index (χ0) is 16.1. The highest BCUT2D eigenvalue weighted by Crippen LogP contribution is 2.21. The average molecular weight is 311 g/mol. The van der Waals surface area contributed by atoms with Crippen molar-refractivity contribution in [3.05, 3.63) is 0 Å². The number of nitrogens with zero attached hydrogens (tertiary/aromatic N) is 2. The number of ether oxygens (including phenoxy) is 1. The predicted molar refractivity (Wildman–Crippen MR) is 84.2 cm³/mol. The maximum absolute atomic E-state index is 12.4. The summed E-state index contributed by atoms with van der Waals surface area (Å²) in [4.78, 5) is 27.6. The van der Waals surface area contributed by atoms with Crippen molar-refractivity contribution in [2.24, 2.45) is 11.7 Å². The summed E-state index contributed by atoms with van der Waals surface area (Å²) >= 11 is 0. The summed E-state index contributed by atoms with van der Waals surface area (Å²) in [6.07, 6.45) is 2.66. The molecular formula is C16H29N3O3. The van der Waals surface area contributed by atoms with Gasteiger partial charge in [0.05, 0.1) is 19.1 Å². The van der Waals surface area contributed by atoms with E-state index < -0.39 is 0 Å². The van der Waals surface area contributed by atoms with Gasteiger partial charge in [0.1, 0.15) is 0 Å². The number of likely N-dealkylation sites (tertiary alicyclic amines) is 1. The molecule has 6 heteroatoms. The zero-order valence-electron chi connectivity index (χ0n) is 13.8. The fourth-order valence-corrected chi connectivity index (χ4v) is 3.33. The van der Waals surface area contributed by atoms with Crippen molar-refractivity contribution in [3.63, 3.8) is 0 Å². The van der Waals surface area contributed by atoms with Crippen LogP contribution in [0.2, 0.25) is 0 Å². The van der Waals surface area contributed by atoms with Gasteiger partial charge in [0.15, 0.2) is 0 Å². The van der Waals surface area contributed by atoms with Crippen molar-refractivity contribution < 1.29 is 14.3 Å². The number of hydrogen-bond acceptors (Lipinski definition) is 4. The highest BCUT2D eigenvalue weighted by Gasteiger charge is 2.28. The van der Waals surface area contributed by atoms with Crippen LogP contribution in [0.4, 0.5) is 0 Å². The predicted octanol–water partition coefficient (Wildman–Crippen LogP) is 0.600. The molecule has 2 amide bonds. The summed E-state index contributed by atoms with van der Waals surface area (Å²) in [6, 6.07) is 0.492. The van der Waals surface area contributed by atoms with Crippen molar-refractivity contribution in [1.29, 1.82) is 0 Å². The molecule has 0 aromatic rings. The molecule has 0 aromatic heterocycles. The molecule has 2 N–H and O–H groups in total. The lowest BCUT2D eigenvalue weighted by Gasteiger charge is -2.37. The molecule has 0 aromatic carbocycles. The quantitative estimate of drug-likeness (QED) is 0.807. The van der Waals surface area contributed by atoms with Gasteiger partial charge in [0.2, 0.25) is 11.8 Å². The van der Waals surface area contributed by atoms with Gasteiger partial charge in [0, 0.05) is 38.6 Å². The number of primary amides is 1. The molecule has 6 nitrogen and oxygen atoms in total. The van der Waals surface area contributed by atoms with E-state index in [1.807, 2.05) is 4.90 Å². The monoisotopic (exact) mass is 311 g/mol. The van der Waals surface area contributed by atoms with Crippen LogP contribution in [0.5, 0.6) is 0 Å². The first kappa shape index (κ1) is 17.2. The van der Waals surface area contributed by atoms with E-state index in [0.29, 0.717) is 31.4 Å². The van der Waals surface area contributed by atoms with E-state index >= 15 is 0 Å². The van der Waals surface area contributed by atoms with Crippen molar-refractivity contribution in [2.45, 2.75) is 51.7 Å². The first-order valence-electron chi connectivity index (χ1n) is 8.37. The Morgan fingerprint density at radius 2 is 1.86 bits per heavy atom. The van der Waals surface area contributed by atoms with Gasteiger partial charge < -0.3 is 15.4 Å². The first-order chi connectivity index (χ1) is 10.5. The van der Waals surface area contributed by atoms with Crippen molar-refractivity contribution in [1.82, 2.24) is 9.80 Å². The summed E-state index contributed by atoms with van der Waals surface area (Å²) in [5, 5.41) is 0. The van der Waals surface area contributed by atoms with E-state index in [4.69, 9.17) is 10.5 Å². The second kappa shape index (κ2) is 7.92. The molecule has 0 aliphatic carbocycles. The molecule has 2 heterocycles. The van der Waals surface area contributed by atoms with E-state index in [0.717, 1.165) is 39.0 Å². The molecule has 2 saturated heterocycles. The number of piperidine rings is 1. The molecule has 0 radical (unpaired) electrons. The van der Waals surface area contributed by atoms with E-state index in [1.54, 1.807) is 0 Å². The van der Waals surface area contributed by atoms with E-state index in [1.165, 1.54) is 0 Å². The van der Waals surface area contributed by atoms with Crippen molar-refractivity contribution >= 4 is 11.8 Å². The number of hydrogen-bond donors (Lipinski definition) is 1. The van der Waals surface area contributed by atoms with Gasteiger partial charge in [-0.05, 0) is 32.6 Å². The second-order valence-electron chi connectivity index (χ2n) is 6.78. The maximum atomic E-state index is 12.4. The maximum Gasteiger partial charge on any atom is 0.225 e. The zero-order valence-corrected chi connectivity index (χ0v) is 13.8. The standard InChI is InChI=1S/C16H29N3O3/c1-12(2)19-7-8-22-14(11-19)10-16(21)18-5-3-13(4-6-18)9-15(17)20/h12-14H,3-11H2,1-2H3,(H2,17,20)/t14-/m1/s1. The molecule has 0 saturated carbocycles. The third-order valence-electron chi connectivity index (χ3n) is 4.76. The summed E-state index contributed by atoms with van der Waals surface area (Å²) in [7, 11) is 0. The van der Waals surface area contributed by atoms with Gasteiger partial charge in [0.25, 0.3) is 0 Å². The summed E-state index contributed by atoms with van der Waals surface area (Å²) in [6.45, 7) is 8.30. The highest BCUT2D eigenvalue weighted by molar-refractivity contribution is 5.77. The first-order valence-corrected chi connectivity index (χ1v) is 8.37. The minimum absolute atomic E-state index is 0.00648. The van der Waals surface area contributed by atoms with Crippen LogP contribution in [-0.2, 0) is 14.3 Å². The molecule has 2 fully saturated rings. The number of carbonyl (C=O) groups excluding carboxylic acids is 2. The van der Waals surface area contributed by atoms with Crippen molar-refractivity contribution in [2.75, 3.05) is 32.8 Å². The fraction of sp³-hybridized carbons (Fsp3) is 0.875. The Morgan fingerprint density at radius 1 is 1.18 bits per heavy atom. The molecule has 0 unspecified atom stereocenters. The fourth-order valence-electron chi connectivity index (χ4n) is 3.33. The molecule has 0 bridgehead atoms. The SMILES string of the molecule is CC(C)N1CCO[C@H](CC(=O)N2CCC(CC(N)=O)CC2)C1. The Morgan fingerprint density at radius 3 is 2.45 bits per heavy atom. The third kappa shape index (κ3) is 4.95. The third-order valence-corrected chi connectivity index (χ3v) is 4.76. The highest BCUT2D eigenvalue weighted by atomic mass is 16.5. The lowest BCUT2D eigenvalue weighted by Crippen LogP contribution is -2.48. The minimum atomic E-state index is -0.242. The number of morpholine rings is 1. The molecule has 126 valence electrons. The topological polar surface area (TPSA) is 75.9 Å². The summed E-state index contributed by atoms with van der Waals surface area (Å²) in [5.41, 5.74) is 5.24. The van der Waals surface area contributed by atoms with Crippen LogP contribution in [0.15, 0.2) is 0 Å². The van der Waals surface area contributed by atoms with Crippen LogP contribution in [-0.4, -0.2) is 66.5 Å². The largest absolute Gasteiger partial charge is 0.375 e. The molecule has 2 aliphatic heterocycles. The average Bonchev–Trinajstić information content (AvgIpc) is 2.47. The lowest BCUT2D eigenvalue weighted by molar-refractivity contribution is -0.138. The lowest BCUT2D eigenvalue weighted by atomic mass is 9.93. The minimum Gasteiger partial charge on any atom is -0.375 e. The number of nitrogens with two attached hydrogens (primary N) is 1.